The second-order valence-corrected chi connectivity index (χ2v) is 5.03. The predicted octanol–water partition coefficient (Wildman–Crippen LogP) is 4.95. The van der Waals surface area contributed by atoms with Crippen LogP contribution in [-0.4, -0.2) is 6.29 Å². The van der Waals surface area contributed by atoms with E-state index in [0.29, 0.717) is 6.61 Å². The second kappa shape index (κ2) is 6.92. The summed E-state index contributed by atoms with van der Waals surface area (Å²) in [5.74, 6) is 0.769. The molecule has 1 atom stereocenters. The molecule has 0 radical (unpaired) electrons. The molecule has 0 aliphatic carbocycles. The van der Waals surface area contributed by atoms with Crippen LogP contribution >= 0.6 is 0 Å². The first-order valence-corrected chi connectivity index (χ1v) is 7.29. The zero-order valence-corrected chi connectivity index (χ0v) is 12.3. The van der Waals surface area contributed by atoms with E-state index in [-0.39, 0.29) is 0 Å². The maximum Gasteiger partial charge on any atom is 0.219 e. The number of hydrogen-bond donors (Lipinski definition) is 0. The first-order chi connectivity index (χ1) is 10.8. The zero-order valence-electron chi connectivity index (χ0n) is 12.3. The van der Waals surface area contributed by atoms with Gasteiger partial charge in [0.05, 0.1) is 6.61 Å². The molecule has 0 N–H and O–H groups in total. The van der Waals surface area contributed by atoms with Gasteiger partial charge in [-0.15, -0.1) is 0 Å². The quantitative estimate of drug-likeness (QED) is 0.472. The lowest BCUT2D eigenvalue weighted by atomic mass is 10.1. The summed E-state index contributed by atoms with van der Waals surface area (Å²) in [6.07, 6.45) is 1.20. The minimum Gasteiger partial charge on any atom is -0.461 e. The normalized spacial score (nSPS) is 12.0. The molecular weight excluding hydrogens is 272 g/mol. The zero-order chi connectivity index (χ0) is 15.2. The van der Waals surface area contributed by atoms with Crippen LogP contribution in [0, 0.1) is 0 Å². The van der Waals surface area contributed by atoms with E-state index >= 15 is 0 Å². The minimum absolute atomic E-state index is 0.464. The van der Waals surface area contributed by atoms with Crippen LogP contribution in [0.15, 0.2) is 85.5 Å². The van der Waals surface area contributed by atoms with Crippen molar-refractivity contribution in [3.05, 3.63) is 91.0 Å². The van der Waals surface area contributed by atoms with Crippen molar-refractivity contribution in [3.8, 4) is 5.75 Å². The summed E-state index contributed by atoms with van der Waals surface area (Å²) in [6, 6.07) is 24.2. The molecule has 2 nitrogen and oxygen atoms in total. The van der Waals surface area contributed by atoms with E-state index in [1.165, 1.54) is 10.8 Å². The van der Waals surface area contributed by atoms with E-state index in [0.717, 1.165) is 11.3 Å². The highest BCUT2D eigenvalue weighted by Crippen LogP contribution is 2.17. The average Bonchev–Trinajstić information content (AvgIpc) is 2.59. The lowest BCUT2D eigenvalue weighted by Crippen LogP contribution is -2.17. The van der Waals surface area contributed by atoms with Gasteiger partial charge in [-0.1, -0.05) is 61.2 Å². The first-order valence-electron chi connectivity index (χ1n) is 7.29. The number of rotatable bonds is 6. The molecule has 0 aliphatic heterocycles. The Balaban J connectivity index is 1.65. The van der Waals surface area contributed by atoms with E-state index in [1.54, 1.807) is 6.08 Å². The van der Waals surface area contributed by atoms with Crippen LogP contribution < -0.4 is 4.74 Å². The van der Waals surface area contributed by atoms with Crippen LogP contribution in [0.4, 0.5) is 0 Å². The van der Waals surface area contributed by atoms with E-state index in [4.69, 9.17) is 9.47 Å². The van der Waals surface area contributed by atoms with Gasteiger partial charge >= 0.3 is 0 Å². The fourth-order valence-corrected chi connectivity index (χ4v) is 2.29. The molecule has 22 heavy (non-hydrogen) atoms. The lowest BCUT2D eigenvalue weighted by Gasteiger charge is -2.16. The Hall–Kier alpha value is -2.58. The van der Waals surface area contributed by atoms with Gasteiger partial charge in [-0.2, -0.15) is 0 Å². The Morgan fingerprint density at radius 1 is 0.864 bits per heavy atom. The molecule has 3 aromatic carbocycles. The van der Waals surface area contributed by atoms with Crippen LogP contribution in [0.1, 0.15) is 5.56 Å². The van der Waals surface area contributed by atoms with Gasteiger partial charge in [0.15, 0.2) is 0 Å². The molecule has 0 aliphatic rings. The standard InChI is InChI=1S/C20H18O2/c1-2-20(22-19-10-4-3-5-11-19)21-15-16-12-13-17-8-6-7-9-18(17)14-16/h2-14,20H,1,15H2/t20-/m0/s1. The van der Waals surface area contributed by atoms with E-state index in [2.05, 4.69) is 36.9 Å². The molecule has 2 heteroatoms. The van der Waals surface area contributed by atoms with Gasteiger partial charge < -0.3 is 9.47 Å². The summed E-state index contributed by atoms with van der Waals surface area (Å²) in [4.78, 5) is 0. The van der Waals surface area contributed by atoms with Crippen molar-refractivity contribution >= 4 is 10.8 Å². The minimum atomic E-state index is -0.464. The molecule has 0 heterocycles. The molecule has 0 bridgehead atoms. The Bertz CT molecular complexity index is 750. The molecule has 0 fully saturated rings. The third kappa shape index (κ3) is 3.54. The smallest absolute Gasteiger partial charge is 0.219 e. The summed E-state index contributed by atoms with van der Waals surface area (Å²) in [5.41, 5.74) is 1.11. The molecule has 3 rings (SSSR count). The van der Waals surface area contributed by atoms with Crippen LogP contribution in [0.25, 0.3) is 10.8 Å². The fourth-order valence-electron chi connectivity index (χ4n) is 2.29. The second-order valence-electron chi connectivity index (χ2n) is 5.03. The highest BCUT2D eigenvalue weighted by Gasteiger charge is 2.06. The largest absolute Gasteiger partial charge is 0.461 e. The molecule has 0 saturated carbocycles. The van der Waals surface area contributed by atoms with Crippen molar-refractivity contribution < 1.29 is 9.47 Å². The van der Waals surface area contributed by atoms with Gasteiger partial charge in [-0.05, 0) is 40.6 Å². The number of fused-ring (bicyclic) bond motifs is 1. The van der Waals surface area contributed by atoms with Gasteiger partial charge in [0.25, 0.3) is 0 Å². The fraction of sp³-hybridized carbons (Fsp3) is 0.100. The van der Waals surface area contributed by atoms with Gasteiger partial charge in [-0.3, -0.25) is 0 Å². The van der Waals surface area contributed by atoms with Gasteiger partial charge in [-0.25, -0.2) is 0 Å². The van der Waals surface area contributed by atoms with Crippen molar-refractivity contribution in [1.29, 1.82) is 0 Å². The third-order valence-corrected chi connectivity index (χ3v) is 3.42. The van der Waals surface area contributed by atoms with E-state index in [1.807, 2.05) is 42.5 Å². The molecule has 0 saturated heterocycles. The number of benzene rings is 3. The Labute approximate surface area is 130 Å². The van der Waals surface area contributed by atoms with Gasteiger partial charge in [0.2, 0.25) is 6.29 Å². The Kier molecular flexibility index (Phi) is 4.52. The van der Waals surface area contributed by atoms with Gasteiger partial charge in [0.1, 0.15) is 5.75 Å². The highest BCUT2D eigenvalue weighted by molar-refractivity contribution is 5.82. The maximum absolute atomic E-state index is 5.79. The van der Waals surface area contributed by atoms with Crippen molar-refractivity contribution in [3.63, 3.8) is 0 Å². The van der Waals surface area contributed by atoms with Crippen LogP contribution in [0.2, 0.25) is 0 Å². The summed E-state index contributed by atoms with van der Waals surface area (Å²) in [5, 5.41) is 2.44. The van der Waals surface area contributed by atoms with E-state index in [9.17, 15) is 0 Å². The molecular formula is C20H18O2. The van der Waals surface area contributed by atoms with Crippen LogP contribution in [0.5, 0.6) is 5.75 Å². The summed E-state index contributed by atoms with van der Waals surface area (Å²) < 4.78 is 11.5. The summed E-state index contributed by atoms with van der Waals surface area (Å²) in [6.45, 7) is 4.25. The van der Waals surface area contributed by atoms with Crippen molar-refractivity contribution in [2.45, 2.75) is 12.9 Å². The Morgan fingerprint density at radius 2 is 1.59 bits per heavy atom. The lowest BCUT2D eigenvalue weighted by molar-refractivity contribution is -0.0552. The molecule has 0 unspecified atom stereocenters. The summed E-state index contributed by atoms with van der Waals surface area (Å²) >= 11 is 0. The van der Waals surface area contributed by atoms with Crippen LogP contribution in [-0.2, 0) is 11.3 Å². The maximum atomic E-state index is 5.79. The number of hydrogen-bond acceptors (Lipinski definition) is 2. The monoisotopic (exact) mass is 290 g/mol. The SMILES string of the molecule is C=C[C@@H](OCc1ccc2ccccc2c1)Oc1ccccc1. The molecule has 3 aromatic rings. The first kappa shape index (κ1) is 14.4. The van der Waals surface area contributed by atoms with Crippen molar-refractivity contribution in [2.75, 3.05) is 0 Å². The molecule has 0 spiro atoms. The number of ether oxygens (including phenoxy) is 2. The van der Waals surface area contributed by atoms with Crippen molar-refractivity contribution in [1.82, 2.24) is 0 Å². The highest BCUT2D eigenvalue weighted by atomic mass is 16.7. The topological polar surface area (TPSA) is 18.5 Å². The van der Waals surface area contributed by atoms with Crippen molar-refractivity contribution in [2.24, 2.45) is 0 Å². The van der Waals surface area contributed by atoms with Gasteiger partial charge in [0, 0.05) is 0 Å². The third-order valence-electron chi connectivity index (χ3n) is 3.42. The average molecular weight is 290 g/mol. The molecule has 110 valence electrons. The Morgan fingerprint density at radius 3 is 2.36 bits per heavy atom. The van der Waals surface area contributed by atoms with Crippen LogP contribution in [0.3, 0.4) is 0 Å². The van der Waals surface area contributed by atoms with E-state index < -0.39 is 6.29 Å². The molecule has 0 aromatic heterocycles. The predicted molar refractivity (Wildman–Crippen MR) is 89.8 cm³/mol. The molecule has 0 amide bonds. The number of para-hydroxylation sites is 1. The summed E-state index contributed by atoms with van der Waals surface area (Å²) in [7, 11) is 0.